The maximum atomic E-state index is 5.71. The number of aromatic nitrogens is 2. The number of hydrogen-bond donors (Lipinski definition) is 1. The highest BCUT2D eigenvalue weighted by Gasteiger charge is 2.45. The Hall–Kier alpha value is -2.96. The largest absolute Gasteiger partial charge is 0.381 e. The fourth-order valence-corrected chi connectivity index (χ4v) is 5.44. The van der Waals surface area contributed by atoms with Crippen LogP contribution in [0, 0.1) is 0 Å². The number of piperazine rings is 1. The minimum absolute atomic E-state index is 0.0607. The van der Waals surface area contributed by atoms with Crippen molar-refractivity contribution in [2.24, 2.45) is 0 Å². The van der Waals surface area contributed by atoms with Crippen LogP contribution in [-0.4, -0.2) is 61.3 Å². The highest BCUT2D eigenvalue weighted by Crippen LogP contribution is 2.52. The lowest BCUT2D eigenvalue weighted by Gasteiger charge is -2.34. The summed E-state index contributed by atoms with van der Waals surface area (Å²) >= 11 is 0. The van der Waals surface area contributed by atoms with E-state index in [0.717, 1.165) is 63.6 Å². The number of hydrogen-bond acceptors (Lipinski definition) is 6. The number of nitrogens with zero attached hydrogens (tertiary/aromatic N) is 4. The second kappa shape index (κ2) is 7.87. The van der Waals surface area contributed by atoms with Gasteiger partial charge in [0, 0.05) is 67.9 Å². The van der Waals surface area contributed by atoms with Gasteiger partial charge in [0.15, 0.2) is 0 Å². The van der Waals surface area contributed by atoms with Gasteiger partial charge in [0.1, 0.15) is 0 Å². The zero-order valence-electron chi connectivity index (χ0n) is 18.6. The molecule has 3 heterocycles. The van der Waals surface area contributed by atoms with Crippen LogP contribution in [0.3, 0.4) is 0 Å². The van der Waals surface area contributed by atoms with E-state index in [0.29, 0.717) is 5.95 Å². The van der Waals surface area contributed by atoms with Gasteiger partial charge in [0.25, 0.3) is 0 Å². The fourth-order valence-electron chi connectivity index (χ4n) is 5.44. The lowest BCUT2D eigenvalue weighted by molar-refractivity contribution is 0.0632. The van der Waals surface area contributed by atoms with E-state index in [4.69, 9.17) is 9.72 Å². The molecule has 1 aliphatic carbocycles. The van der Waals surface area contributed by atoms with Crippen LogP contribution in [0.5, 0.6) is 0 Å². The van der Waals surface area contributed by atoms with Gasteiger partial charge in [-0.25, -0.2) is 9.97 Å². The second-order valence-electron chi connectivity index (χ2n) is 9.16. The van der Waals surface area contributed by atoms with Gasteiger partial charge in [0.05, 0.1) is 5.69 Å². The number of ether oxygens (including phenoxy) is 1. The molecule has 3 aliphatic rings. The number of benzene rings is 2. The van der Waals surface area contributed by atoms with Gasteiger partial charge in [-0.3, -0.25) is 0 Å². The van der Waals surface area contributed by atoms with Crippen LogP contribution in [0.25, 0.3) is 11.1 Å². The van der Waals surface area contributed by atoms with Crippen LogP contribution in [0.15, 0.2) is 54.7 Å². The van der Waals surface area contributed by atoms with Crippen molar-refractivity contribution in [3.05, 3.63) is 66.0 Å². The van der Waals surface area contributed by atoms with E-state index in [9.17, 15) is 0 Å². The molecule has 32 heavy (non-hydrogen) atoms. The molecule has 2 aliphatic heterocycles. The first-order valence-electron chi connectivity index (χ1n) is 11.6. The van der Waals surface area contributed by atoms with Gasteiger partial charge in [-0.05, 0) is 55.3 Å². The summed E-state index contributed by atoms with van der Waals surface area (Å²) < 4.78 is 5.71. The topological polar surface area (TPSA) is 53.5 Å². The summed E-state index contributed by atoms with van der Waals surface area (Å²) in [7, 11) is 2.18. The molecule has 0 atom stereocenters. The Morgan fingerprint density at radius 3 is 2.44 bits per heavy atom. The highest BCUT2D eigenvalue weighted by atomic mass is 16.5. The van der Waals surface area contributed by atoms with E-state index in [1.807, 2.05) is 6.20 Å². The van der Waals surface area contributed by atoms with E-state index < -0.39 is 0 Å². The van der Waals surface area contributed by atoms with Crippen molar-refractivity contribution in [3.63, 3.8) is 0 Å². The maximum Gasteiger partial charge on any atom is 0.227 e. The molecule has 0 amide bonds. The van der Waals surface area contributed by atoms with Gasteiger partial charge in [0.2, 0.25) is 5.95 Å². The van der Waals surface area contributed by atoms with Crippen molar-refractivity contribution in [2.45, 2.75) is 18.3 Å². The third kappa shape index (κ3) is 3.26. The molecule has 0 saturated carbocycles. The molecule has 6 nitrogen and oxygen atoms in total. The van der Waals surface area contributed by atoms with E-state index in [1.54, 1.807) is 0 Å². The van der Waals surface area contributed by atoms with Gasteiger partial charge in [-0.2, -0.15) is 0 Å². The van der Waals surface area contributed by atoms with Crippen LogP contribution in [0.4, 0.5) is 17.3 Å². The number of nitrogens with one attached hydrogen (secondary N) is 1. The minimum atomic E-state index is -0.0607. The van der Waals surface area contributed by atoms with Crippen molar-refractivity contribution in [2.75, 3.05) is 56.7 Å². The van der Waals surface area contributed by atoms with Crippen molar-refractivity contribution < 1.29 is 4.74 Å². The third-order valence-corrected chi connectivity index (χ3v) is 7.31. The Morgan fingerprint density at radius 2 is 1.66 bits per heavy atom. The first-order chi connectivity index (χ1) is 15.7. The van der Waals surface area contributed by atoms with Crippen molar-refractivity contribution in [1.29, 1.82) is 0 Å². The van der Waals surface area contributed by atoms with Crippen molar-refractivity contribution in [3.8, 4) is 11.1 Å². The van der Waals surface area contributed by atoms with Gasteiger partial charge < -0.3 is 19.9 Å². The van der Waals surface area contributed by atoms with E-state index >= 15 is 0 Å². The smallest absolute Gasteiger partial charge is 0.227 e. The van der Waals surface area contributed by atoms with Gasteiger partial charge >= 0.3 is 0 Å². The number of likely N-dealkylation sites (N-methyl/N-ethyl adjacent to an activating group) is 1. The van der Waals surface area contributed by atoms with Gasteiger partial charge in [-0.15, -0.1) is 0 Å². The maximum absolute atomic E-state index is 5.71. The average Bonchev–Trinajstić information content (AvgIpc) is 3.10. The van der Waals surface area contributed by atoms with E-state index in [-0.39, 0.29) is 5.41 Å². The molecule has 0 radical (unpaired) electrons. The van der Waals surface area contributed by atoms with Crippen molar-refractivity contribution >= 4 is 17.3 Å². The standard InChI is InChI=1S/C26H29N5O/c1-30-12-14-31(15-13-30)20-8-6-19(7-9-20)28-25-27-18-22-21-4-2-3-5-23(21)26(24(22)29-25)10-16-32-17-11-26/h2-9,18H,10-17H2,1H3,(H,27,28,29). The zero-order chi connectivity index (χ0) is 21.5. The number of fused-ring (bicyclic) bond motifs is 5. The first-order valence-corrected chi connectivity index (χ1v) is 11.6. The normalized spacial score (nSPS) is 19.6. The summed E-state index contributed by atoms with van der Waals surface area (Å²) in [5.74, 6) is 0.662. The lowest BCUT2D eigenvalue weighted by atomic mass is 9.74. The molecule has 1 N–H and O–H groups in total. The Labute approximate surface area is 189 Å². The summed E-state index contributed by atoms with van der Waals surface area (Å²) in [6, 6.07) is 17.3. The minimum Gasteiger partial charge on any atom is -0.381 e. The Bertz CT molecular complexity index is 1120. The van der Waals surface area contributed by atoms with Crippen LogP contribution in [-0.2, 0) is 10.2 Å². The third-order valence-electron chi connectivity index (χ3n) is 7.31. The SMILES string of the molecule is CN1CCN(c2ccc(Nc3ncc4c(n3)C3(CCOCC3)c3ccccc3-4)cc2)CC1. The average molecular weight is 428 g/mol. The molecule has 164 valence electrons. The molecule has 0 unspecified atom stereocenters. The van der Waals surface area contributed by atoms with Crippen LogP contribution in [0.1, 0.15) is 24.1 Å². The Morgan fingerprint density at radius 1 is 0.906 bits per heavy atom. The van der Waals surface area contributed by atoms with Crippen molar-refractivity contribution in [1.82, 2.24) is 14.9 Å². The van der Waals surface area contributed by atoms with E-state index in [1.165, 1.54) is 22.4 Å². The lowest BCUT2D eigenvalue weighted by Crippen LogP contribution is -2.44. The second-order valence-corrected chi connectivity index (χ2v) is 9.16. The monoisotopic (exact) mass is 427 g/mol. The number of anilines is 3. The zero-order valence-corrected chi connectivity index (χ0v) is 18.6. The molecule has 3 aromatic rings. The summed E-state index contributed by atoms with van der Waals surface area (Å²) in [6.45, 7) is 5.91. The number of rotatable bonds is 3. The molecule has 2 aromatic carbocycles. The molecule has 2 saturated heterocycles. The van der Waals surface area contributed by atoms with E-state index in [2.05, 4.69) is 75.7 Å². The highest BCUT2D eigenvalue weighted by molar-refractivity contribution is 5.79. The Balaban J connectivity index is 1.27. The molecular weight excluding hydrogens is 398 g/mol. The molecule has 2 fully saturated rings. The van der Waals surface area contributed by atoms with Gasteiger partial charge in [-0.1, -0.05) is 24.3 Å². The summed E-state index contributed by atoms with van der Waals surface area (Å²) in [5.41, 5.74) is 7.18. The van der Waals surface area contributed by atoms with Crippen LogP contribution >= 0.6 is 0 Å². The summed E-state index contributed by atoms with van der Waals surface area (Å²) in [6.07, 6.45) is 3.92. The molecule has 6 rings (SSSR count). The Kier molecular flexibility index (Phi) is 4.85. The quantitative estimate of drug-likeness (QED) is 0.681. The van der Waals surface area contributed by atoms with Crippen LogP contribution < -0.4 is 10.2 Å². The molecular formula is C26H29N5O. The summed E-state index contributed by atoms with van der Waals surface area (Å²) in [4.78, 5) is 14.6. The molecule has 1 spiro atoms. The molecule has 6 heteroatoms. The predicted octanol–water partition coefficient (Wildman–Crippen LogP) is 4.05. The molecule has 1 aromatic heterocycles. The van der Waals surface area contributed by atoms with Crippen LogP contribution in [0.2, 0.25) is 0 Å². The first kappa shape index (κ1) is 19.7. The fraction of sp³-hybridized carbons (Fsp3) is 0.385. The predicted molar refractivity (Wildman–Crippen MR) is 128 cm³/mol. The molecule has 0 bridgehead atoms. The summed E-state index contributed by atoms with van der Waals surface area (Å²) in [5, 5.41) is 3.44.